The van der Waals surface area contributed by atoms with Crippen LogP contribution < -0.4 is 0 Å². The second kappa shape index (κ2) is 6.72. The average molecular weight is 342 g/mol. The number of hydrogen-bond donors (Lipinski definition) is 1. The van der Waals surface area contributed by atoms with E-state index in [9.17, 15) is 18.0 Å². The first-order valence-corrected chi connectivity index (χ1v) is 8.20. The standard InChI is InChI=1S/C17H21F3N2O2/c18-17(19,20)15-4-2-1-3-12(15)13-11-14(13)16(24)22-7-5-21(6-8-22)9-10-23/h1-4,13-14,23H,5-11H2. The molecule has 1 aliphatic heterocycles. The van der Waals surface area contributed by atoms with Crippen molar-refractivity contribution in [2.75, 3.05) is 39.3 Å². The van der Waals surface area contributed by atoms with Crippen molar-refractivity contribution < 1.29 is 23.1 Å². The van der Waals surface area contributed by atoms with Crippen LogP contribution in [-0.2, 0) is 11.0 Å². The van der Waals surface area contributed by atoms with Crippen LogP contribution in [0.3, 0.4) is 0 Å². The molecule has 1 heterocycles. The minimum Gasteiger partial charge on any atom is -0.395 e. The number of benzene rings is 1. The van der Waals surface area contributed by atoms with Gasteiger partial charge in [-0.2, -0.15) is 13.2 Å². The van der Waals surface area contributed by atoms with Gasteiger partial charge in [0.1, 0.15) is 0 Å². The Morgan fingerprint density at radius 1 is 1.17 bits per heavy atom. The Balaban J connectivity index is 1.63. The van der Waals surface area contributed by atoms with Gasteiger partial charge in [-0.05, 0) is 24.0 Å². The molecule has 7 heteroatoms. The first-order valence-electron chi connectivity index (χ1n) is 8.20. The van der Waals surface area contributed by atoms with Crippen LogP contribution in [0.25, 0.3) is 0 Å². The van der Waals surface area contributed by atoms with Gasteiger partial charge in [-0.3, -0.25) is 9.69 Å². The third kappa shape index (κ3) is 3.57. The van der Waals surface area contributed by atoms with E-state index < -0.39 is 11.7 Å². The van der Waals surface area contributed by atoms with Crippen LogP contribution in [0.4, 0.5) is 13.2 Å². The second-order valence-corrected chi connectivity index (χ2v) is 6.42. The van der Waals surface area contributed by atoms with Crippen LogP contribution in [0.15, 0.2) is 24.3 Å². The lowest BCUT2D eigenvalue weighted by atomic mass is 10.0. The van der Waals surface area contributed by atoms with Gasteiger partial charge in [0, 0.05) is 38.6 Å². The molecule has 0 aromatic heterocycles. The first-order chi connectivity index (χ1) is 11.4. The van der Waals surface area contributed by atoms with Gasteiger partial charge in [-0.15, -0.1) is 0 Å². The fourth-order valence-corrected chi connectivity index (χ4v) is 3.46. The molecule has 1 saturated heterocycles. The van der Waals surface area contributed by atoms with Crippen molar-refractivity contribution in [1.82, 2.24) is 9.80 Å². The summed E-state index contributed by atoms with van der Waals surface area (Å²) in [5.74, 6) is -0.704. The van der Waals surface area contributed by atoms with E-state index in [0.29, 0.717) is 39.1 Å². The molecule has 1 saturated carbocycles. The van der Waals surface area contributed by atoms with Gasteiger partial charge >= 0.3 is 6.18 Å². The van der Waals surface area contributed by atoms with Crippen molar-refractivity contribution in [2.45, 2.75) is 18.5 Å². The predicted molar refractivity (Wildman–Crippen MR) is 82.4 cm³/mol. The molecule has 0 radical (unpaired) electrons. The Bertz CT molecular complexity index is 598. The Morgan fingerprint density at radius 2 is 1.83 bits per heavy atom. The molecule has 0 spiro atoms. The smallest absolute Gasteiger partial charge is 0.395 e. The lowest BCUT2D eigenvalue weighted by Gasteiger charge is -2.34. The summed E-state index contributed by atoms with van der Waals surface area (Å²) >= 11 is 0. The Labute approximate surface area is 138 Å². The van der Waals surface area contributed by atoms with Crippen LogP contribution in [-0.4, -0.2) is 60.1 Å². The molecule has 3 rings (SSSR count). The highest BCUT2D eigenvalue weighted by atomic mass is 19.4. The van der Waals surface area contributed by atoms with E-state index in [2.05, 4.69) is 4.90 Å². The quantitative estimate of drug-likeness (QED) is 0.910. The molecule has 0 bridgehead atoms. The maximum absolute atomic E-state index is 13.1. The minimum absolute atomic E-state index is 0.0411. The molecule has 2 fully saturated rings. The Hall–Kier alpha value is -1.60. The number of amides is 1. The molecule has 2 atom stereocenters. The number of carbonyl (C=O) groups is 1. The number of rotatable bonds is 4. The molecule has 1 N–H and O–H groups in total. The first kappa shape index (κ1) is 17.2. The number of nitrogens with zero attached hydrogens (tertiary/aromatic N) is 2. The summed E-state index contributed by atoms with van der Waals surface area (Å²) < 4.78 is 39.3. The van der Waals surface area contributed by atoms with Crippen molar-refractivity contribution in [3.63, 3.8) is 0 Å². The number of piperazine rings is 1. The highest BCUT2D eigenvalue weighted by Gasteiger charge is 2.49. The normalized spacial score (nSPS) is 24.9. The fourth-order valence-electron chi connectivity index (χ4n) is 3.46. The molecule has 1 aliphatic carbocycles. The predicted octanol–water partition coefficient (Wildman–Crippen LogP) is 1.95. The van der Waals surface area contributed by atoms with Crippen LogP contribution in [0, 0.1) is 5.92 Å². The maximum atomic E-state index is 13.1. The zero-order valence-electron chi connectivity index (χ0n) is 13.3. The summed E-state index contributed by atoms with van der Waals surface area (Å²) in [6, 6.07) is 5.55. The van der Waals surface area contributed by atoms with Gasteiger partial charge in [-0.1, -0.05) is 18.2 Å². The molecule has 1 aromatic rings. The molecular weight excluding hydrogens is 321 g/mol. The van der Waals surface area contributed by atoms with Crippen molar-refractivity contribution in [2.24, 2.45) is 5.92 Å². The van der Waals surface area contributed by atoms with Crippen LogP contribution >= 0.6 is 0 Å². The van der Waals surface area contributed by atoms with E-state index >= 15 is 0 Å². The summed E-state index contributed by atoms with van der Waals surface area (Å²) in [6.07, 6.45) is -3.90. The van der Waals surface area contributed by atoms with Crippen molar-refractivity contribution >= 4 is 5.91 Å². The van der Waals surface area contributed by atoms with Gasteiger partial charge in [0.15, 0.2) is 0 Å². The number of β-amino-alcohol motifs (C(OH)–C–C–N with tert-alkyl or cyclic N) is 1. The largest absolute Gasteiger partial charge is 0.416 e. The summed E-state index contributed by atoms with van der Waals surface area (Å²) in [5.41, 5.74) is -0.389. The maximum Gasteiger partial charge on any atom is 0.416 e. The number of hydrogen-bond acceptors (Lipinski definition) is 3. The third-order valence-electron chi connectivity index (χ3n) is 4.87. The lowest BCUT2D eigenvalue weighted by molar-refractivity contribution is -0.139. The van der Waals surface area contributed by atoms with E-state index in [1.54, 1.807) is 11.0 Å². The van der Waals surface area contributed by atoms with Crippen LogP contribution in [0.1, 0.15) is 23.5 Å². The van der Waals surface area contributed by atoms with Crippen LogP contribution in [0.5, 0.6) is 0 Å². The summed E-state index contributed by atoms with van der Waals surface area (Å²) in [6.45, 7) is 3.22. The average Bonchev–Trinajstić information content (AvgIpc) is 3.35. The summed E-state index contributed by atoms with van der Waals surface area (Å²) in [5, 5.41) is 8.93. The summed E-state index contributed by atoms with van der Waals surface area (Å²) in [7, 11) is 0. The van der Waals surface area contributed by atoms with E-state index in [4.69, 9.17) is 5.11 Å². The number of aliphatic hydroxyl groups excluding tert-OH is 1. The zero-order valence-corrected chi connectivity index (χ0v) is 13.3. The van der Waals surface area contributed by atoms with Gasteiger partial charge in [0.2, 0.25) is 5.91 Å². The van der Waals surface area contributed by atoms with Crippen molar-refractivity contribution in [3.8, 4) is 0 Å². The molecule has 4 nitrogen and oxygen atoms in total. The monoisotopic (exact) mass is 342 g/mol. The number of alkyl halides is 3. The topological polar surface area (TPSA) is 43.8 Å². The third-order valence-corrected chi connectivity index (χ3v) is 4.87. The lowest BCUT2D eigenvalue weighted by Crippen LogP contribution is -2.49. The SMILES string of the molecule is O=C(C1CC1c1ccccc1C(F)(F)F)N1CCN(CCO)CC1. The van der Waals surface area contributed by atoms with E-state index in [1.807, 2.05) is 0 Å². The van der Waals surface area contributed by atoms with E-state index in [0.717, 1.165) is 6.07 Å². The van der Waals surface area contributed by atoms with E-state index in [-0.39, 0.29) is 29.9 Å². The van der Waals surface area contributed by atoms with Crippen molar-refractivity contribution in [1.29, 1.82) is 0 Å². The van der Waals surface area contributed by atoms with Gasteiger partial charge in [0.05, 0.1) is 12.2 Å². The van der Waals surface area contributed by atoms with Gasteiger partial charge in [0.25, 0.3) is 0 Å². The zero-order chi connectivity index (χ0) is 17.3. The molecule has 2 aliphatic rings. The van der Waals surface area contributed by atoms with Crippen LogP contribution in [0.2, 0.25) is 0 Å². The molecule has 1 amide bonds. The molecule has 132 valence electrons. The minimum atomic E-state index is -4.39. The number of halogens is 3. The number of aliphatic hydroxyl groups is 1. The van der Waals surface area contributed by atoms with Crippen molar-refractivity contribution in [3.05, 3.63) is 35.4 Å². The molecular formula is C17H21F3N2O2. The van der Waals surface area contributed by atoms with Gasteiger partial charge in [-0.25, -0.2) is 0 Å². The molecule has 24 heavy (non-hydrogen) atoms. The second-order valence-electron chi connectivity index (χ2n) is 6.42. The van der Waals surface area contributed by atoms with Gasteiger partial charge < -0.3 is 10.0 Å². The molecule has 2 unspecified atom stereocenters. The fraction of sp³-hybridized carbons (Fsp3) is 0.588. The highest BCUT2D eigenvalue weighted by molar-refractivity contribution is 5.83. The summed E-state index contributed by atoms with van der Waals surface area (Å²) in [4.78, 5) is 16.4. The number of carbonyl (C=O) groups excluding carboxylic acids is 1. The highest BCUT2D eigenvalue weighted by Crippen LogP contribution is 2.51. The molecule has 1 aromatic carbocycles. The Kier molecular flexibility index (Phi) is 4.83. The Morgan fingerprint density at radius 3 is 2.46 bits per heavy atom. The van der Waals surface area contributed by atoms with E-state index in [1.165, 1.54) is 12.1 Å².